The molecule has 2 atom stereocenters. The zero-order valence-electron chi connectivity index (χ0n) is 14.2. The lowest BCUT2D eigenvalue weighted by atomic mass is 9.97. The maximum absolute atomic E-state index is 12.8. The average molecular weight is 315 g/mol. The van der Waals surface area contributed by atoms with Crippen molar-refractivity contribution >= 4 is 16.9 Å². The predicted molar refractivity (Wildman–Crippen MR) is 91.5 cm³/mol. The van der Waals surface area contributed by atoms with Crippen molar-refractivity contribution in [1.29, 1.82) is 0 Å². The summed E-state index contributed by atoms with van der Waals surface area (Å²) in [6.45, 7) is 6.89. The molecule has 1 aromatic heterocycles. The van der Waals surface area contributed by atoms with Gasteiger partial charge in [0.25, 0.3) is 0 Å². The van der Waals surface area contributed by atoms with Crippen LogP contribution < -0.4 is 5.69 Å². The SMILES string of the molecule is CCn1c(=O)n(CC(=O)N2[C@@H](C)CCC[C@@H]2C)c2ccccc21. The summed E-state index contributed by atoms with van der Waals surface area (Å²) < 4.78 is 3.35. The van der Waals surface area contributed by atoms with Gasteiger partial charge in [0.05, 0.1) is 11.0 Å². The first kappa shape index (κ1) is 15.8. The number of piperidine rings is 1. The Labute approximate surface area is 136 Å². The smallest absolute Gasteiger partial charge is 0.329 e. The van der Waals surface area contributed by atoms with Crippen LogP contribution in [0.3, 0.4) is 0 Å². The molecule has 1 saturated heterocycles. The molecule has 3 rings (SSSR count). The first-order valence-electron chi connectivity index (χ1n) is 8.53. The van der Waals surface area contributed by atoms with Crippen LogP contribution >= 0.6 is 0 Å². The van der Waals surface area contributed by atoms with E-state index >= 15 is 0 Å². The Morgan fingerprint density at radius 3 is 2.22 bits per heavy atom. The van der Waals surface area contributed by atoms with Gasteiger partial charge in [0.2, 0.25) is 5.91 Å². The number of hydrogen-bond donors (Lipinski definition) is 0. The summed E-state index contributed by atoms with van der Waals surface area (Å²) in [5.74, 6) is 0.0470. The summed E-state index contributed by atoms with van der Waals surface area (Å²) in [7, 11) is 0. The summed E-state index contributed by atoms with van der Waals surface area (Å²) in [5.41, 5.74) is 1.64. The van der Waals surface area contributed by atoms with E-state index in [1.165, 1.54) is 6.42 Å². The van der Waals surface area contributed by atoms with Crippen molar-refractivity contribution in [2.24, 2.45) is 0 Å². The fraction of sp³-hybridized carbons (Fsp3) is 0.556. The van der Waals surface area contributed by atoms with E-state index in [1.807, 2.05) is 36.1 Å². The number of aryl methyl sites for hydroxylation is 1. The molecule has 2 heterocycles. The van der Waals surface area contributed by atoms with Crippen LogP contribution in [0, 0.1) is 0 Å². The molecule has 0 N–H and O–H groups in total. The Kier molecular flexibility index (Phi) is 4.28. The number of likely N-dealkylation sites (tertiary alicyclic amines) is 1. The Morgan fingerprint density at radius 1 is 1.09 bits per heavy atom. The van der Waals surface area contributed by atoms with Gasteiger partial charge in [0.15, 0.2) is 0 Å². The third-order valence-electron chi connectivity index (χ3n) is 5.02. The number of para-hydroxylation sites is 2. The largest absolute Gasteiger partial charge is 0.336 e. The van der Waals surface area contributed by atoms with Crippen LogP contribution in [-0.2, 0) is 17.9 Å². The van der Waals surface area contributed by atoms with Crippen LogP contribution in [0.15, 0.2) is 29.1 Å². The van der Waals surface area contributed by atoms with Gasteiger partial charge in [-0.25, -0.2) is 4.79 Å². The predicted octanol–water partition coefficient (Wildman–Crippen LogP) is 2.61. The van der Waals surface area contributed by atoms with Crippen molar-refractivity contribution in [3.63, 3.8) is 0 Å². The monoisotopic (exact) mass is 315 g/mol. The number of hydrogen-bond acceptors (Lipinski definition) is 2. The Bertz CT molecular complexity index is 764. The quantitative estimate of drug-likeness (QED) is 0.874. The lowest BCUT2D eigenvalue weighted by Gasteiger charge is -2.39. The molecule has 23 heavy (non-hydrogen) atoms. The second-order valence-corrected chi connectivity index (χ2v) is 6.53. The van der Waals surface area contributed by atoms with Crippen LogP contribution in [0.25, 0.3) is 11.0 Å². The highest BCUT2D eigenvalue weighted by Crippen LogP contribution is 2.23. The fourth-order valence-electron chi connectivity index (χ4n) is 3.86. The maximum Gasteiger partial charge on any atom is 0.329 e. The van der Waals surface area contributed by atoms with Crippen molar-refractivity contribution < 1.29 is 4.79 Å². The van der Waals surface area contributed by atoms with E-state index < -0.39 is 0 Å². The van der Waals surface area contributed by atoms with E-state index in [9.17, 15) is 9.59 Å². The molecule has 1 amide bonds. The van der Waals surface area contributed by atoms with Crippen LogP contribution in [0.2, 0.25) is 0 Å². The van der Waals surface area contributed by atoms with Crippen molar-refractivity contribution in [3.8, 4) is 0 Å². The highest BCUT2D eigenvalue weighted by molar-refractivity contribution is 5.81. The summed E-state index contributed by atoms with van der Waals surface area (Å²) in [4.78, 5) is 27.5. The molecule has 0 radical (unpaired) electrons. The Balaban J connectivity index is 1.97. The van der Waals surface area contributed by atoms with Crippen LogP contribution in [-0.4, -0.2) is 32.0 Å². The van der Waals surface area contributed by atoms with Crippen molar-refractivity contribution in [3.05, 3.63) is 34.7 Å². The van der Waals surface area contributed by atoms with E-state index in [0.717, 1.165) is 23.9 Å². The molecular weight excluding hydrogens is 290 g/mol. The molecule has 1 aliphatic heterocycles. The van der Waals surface area contributed by atoms with E-state index in [-0.39, 0.29) is 30.2 Å². The molecule has 5 heteroatoms. The van der Waals surface area contributed by atoms with Crippen LogP contribution in [0.1, 0.15) is 40.0 Å². The normalized spacial score (nSPS) is 21.8. The number of imidazole rings is 1. The number of amides is 1. The van der Waals surface area contributed by atoms with Gasteiger partial charge in [-0.1, -0.05) is 12.1 Å². The van der Waals surface area contributed by atoms with Crippen molar-refractivity contribution in [2.45, 2.75) is 65.2 Å². The van der Waals surface area contributed by atoms with E-state index in [2.05, 4.69) is 13.8 Å². The number of carbonyl (C=O) groups is 1. The molecule has 124 valence electrons. The van der Waals surface area contributed by atoms with Crippen LogP contribution in [0.4, 0.5) is 0 Å². The summed E-state index contributed by atoms with van der Waals surface area (Å²) in [5, 5.41) is 0. The summed E-state index contributed by atoms with van der Waals surface area (Å²) >= 11 is 0. The molecular formula is C18H25N3O2. The molecule has 1 aliphatic rings. The summed E-state index contributed by atoms with van der Waals surface area (Å²) in [6, 6.07) is 8.19. The number of carbonyl (C=O) groups excluding carboxylic acids is 1. The second-order valence-electron chi connectivity index (χ2n) is 6.53. The van der Waals surface area contributed by atoms with Gasteiger partial charge in [-0.05, 0) is 52.2 Å². The van der Waals surface area contributed by atoms with Gasteiger partial charge in [-0.2, -0.15) is 0 Å². The average Bonchev–Trinajstić information content (AvgIpc) is 2.79. The fourth-order valence-corrected chi connectivity index (χ4v) is 3.86. The molecule has 2 aromatic rings. The Hall–Kier alpha value is -2.04. The molecule has 0 aliphatic carbocycles. The van der Waals surface area contributed by atoms with Gasteiger partial charge >= 0.3 is 5.69 Å². The molecule has 1 fully saturated rings. The molecule has 0 bridgehead atoms. The lowest BCUT2D eigenvalue weighted by Crippen LogP contribution is -2.49. The molecule has 5 nitrogen and oxygen atoms in total. The standard InChI is InChI=1S/C18H25N3O2/c1-4-19-15-10-5-6-11-16(15)20(18(19)23)12-17(22)21-13(2)8-7-9-14(21)3/h5-6,10-11,13-14H,4,7-9,12H2,1-3H3/t13-,14-/m0/s1. The van der Waals surface area contributed by atoms with E-state index in [4.69, 9.17) is 0 Å². The van der Waals surface area contributed by atoms with Gasteiger partial charge in [-0.15, -0.1) is 0 Å². The zero-order valence-corrected chi connectivity index (χ0v) is 14.2. The first-order valence-corrected chi connectivity index (χ1v) is 8.53. The summed E-state index contributed by atoms with van der Waals surface area (Å²) in [6.07, 6.45) is 3.25. The van der Waals surface area contributed by atoms with E-state index in [0.29, 0.717) is 6.54 Å². The highest BCUT2D eigenvalue weighted by Gasteiger charge is 2.29. The molecule has 1 aromatic carbocycles. The molecule has 0 unspecified atom stereocenters. The minimum atomic E-state index is -0.0978. The minimum absolute atomic E-state index is 0.0470. The van der Waals surface area contributed by atoms with Crippen LogP contribution in [0.5, 0.6) is 0 Å². The number of rotatable bonds is 3. The first-order chi connectivity index (χ1) is 11.0. The van der Waals surface area contributed by atoms with Gasteiger partial charge in [0.1, 0.15) is 6.54 Å². The van der Waals surface area contributed by atoms with Crippen molar-refractivity contribution in [1.82, 2.24) is 14.0 Å². The second kappa shape index (κ2) is 6.22. The topological polar surface area (TPSA) is 47.2 Å². The number of aromatic nitrogens is 2. The third-order valence-corrected chi connectivity index (χ3v) is 5.02. The van der Waals surface area contributed by atoms with Crippen molar-refractivity contribution in [2.75, 3.05) is 0 Å². The molecule has 0 saturated carbocycles. The number of nitrogens with zero attached hydrogens (tertiary/aromatic N) is 3. The third kappa shape index (κ3) is 2.69. The molecule has 0 spiro atoms. The highest BCUT2D eigenvalue weighted by atomic mass is 16.2. The number of benzene rings is 1. The number of fused-ring (bicyclic) bond motifs is 1. The van der Waals surface area contributed by atoms with Gasteiger partial charge < -0.3 is 4.90 Å². The Morgan fingerprint density at radius 2 is 1.65 bits per heavy atom. The zero-order chi connectivity index (χ0) is 16.6. The lowest BCUT2D eigenvalue weighted by molar-refractivity contribution is -0.137. The minimum Gasteiger partial charge on any atom is -0.336 e. The van der Waals surface area contributed by atoms with Gasteiger partial charge in [0, 0.05) is 18.6 Å². The van der Waals surface area contributed by atoms with E-state index in [1.54, 1.807) is 9.13 Å². The maximum atomic E-state index is 12.8. The van der Waals surface area contributed by atoms with Gasteiger partial charge in [-0.3, -0.25) is 13.9 Å².